The molecule has 2 aromatic carbocycles. The van der Waals surface area contributed by atoms with Gasteiger partial charge < -0.3 is 10.1 Å². The maximum absolute atomic E-state index is 12.8. The summed E-state index contributed by atoms with van der Waals surface area (Å²) in [6, 6.07) is 11.2. The minimum absolute atomic E-state index is 0.0178. The molecule has 0 aliphatic rings. The van der Waals surface area contributed by atoms with Gasteiger partial charge in [-0.3, -0.25) is 4.79 Å². The fraction of sp³-hybridized carbons (Fsp3) is 0.105. The molecular formula is C19H12Cl2F3NO2S. The first-order valence-electron chi connectivity index (χ1n) is 7.86. The molecule has 0 aliphatic carbocycles. The summed E-state index contributed by atoms with van der Waals surface area (Å²) in [5.41, 5.74) is -0.246. The zero-order valence-corrected chi connectivity index (χ0v) is 16.3. The SMILES string of the molecule is O=C(Nc1cc(C(F)(F)F)ccc1Cl)c1cc(COc2ccc(Cl)cc2)cs1. The molecular weight excluding hydrogens is 434 g/mol. The zero-order chi connectivity index (χ0) is 20.3. The molecule has 1 aromatic heterocycles. The molecule has 1 heterocycles. The summed E-state index contributed by atoms with van der Waals surface area (Å²) in [4.78, 5) is 12.7. The molecule has 0 aliphatic heterocycles. The van der Waals surface area contributed by atoms with Crippen molar-refractivity contribution in [1.82, 2.24) is 0 Å². The van der Waals surface area contributed by atoms with Crippen molar-refractivity contribution in [1.29, 1.82) is 0 Å². The number of hydrogen-bond donors (Lipinski definition) is 1. The van der Waals surface area contributed by atoms with Gasteiger partial charge in [0, 0.05) is 10.6 Å². The second-order valence-corrected chi connectivity index (χ2v) is 7.46. The fourth-order valence-electron chi connectivity index (χ4n) is 2.25. The third-order valence-corrected chi connectivity index (χ3v) is 5.20. The van der Waals surface area contributed by atoms with Crippen molar-refractivity contribution in [3.63, 3.8) is 0 Å². The van der Waals surface area contributed by atoms with Crippen LogP contribution >= 0.6 is 34.5 Å². The van der Waals surface area contributed by atoms with Gasteiger partial charge in [0.2, 0.25) is 0 Å². The number of hydrogen-bond acceptors (Lipinski definition) is 3. The van der Waals surface area contributed by atoms with E-state index in [-0.39, 0.29) is 17.3 Å². The van der Waals surface area contributed by atoms with Crippen molar-refractivity contribution in [2.45, 2.75) is 12.8 Å². The van der Waals surface area contributed by atoms with Crippen molar-refractivity contribution >= 4 is 46.1 Å². The van der Waals surface area contributed by atoms with Crippen LogP contribution < -0.4 is 10.1 Å². The molecule has 0 radical (unpaired) electrons. The normalized spacial score (nSPS) is 11.3. The maximum atomic E-state index is 12.8. The highest BCUT2D eigenvalue weighted by atomic mass is 35.5. The summed E-state index contributed by atoms with van der Waals surface area (Å²) in [5, 5.41) is 4.76. The lowest BCUT2D eigenvalue weighted by molar-refractivity contribution is -0.137. The standard InChI is InChI=1S/C19H12Cl2F3NO2S/c20-13-2-4-14(5-3-13)27-9-11-7-17(28-10-11)18(26)25-16-8-12(19(22,23)24)1-6-15(16)21/h1-8,10H,9H2,(H,25,26). The number of carbonyl (C=O) groups is 1. The molecule has 9 heteroatoms. The van der Waals surface area contributed by atoms with Crippen LogP contribution in [0.3, 0.4) is 0 Å². The van der Waals surface area contributed by atoms with Gasteiger partial charge in [0.05, 0.1) is 21.2 Å². The summed E-state index contributed by atoms with van der Waals surface area (Å²) < 4.78 is 44.1. The summed E-state index contributed by atoms with van der Waals surface area (Å²) in [7, 11) is 0. The van der Waals surface area contributed by atoms with Gasteiger partial charge in [-0.2, -0.15) is 13.2 Å². The van der Waals surface area contributed by atoms with E-state index in [2.05, 4.69) is 5.32 Å². The van der Waals surface area contributed by atoms with E-state index in [1.165, 1.54) is 0 Å². The lowest BCUT2D eigenvalue weighted by Gasteiger charge is -2.11. The van der Waals surface area contributed by atoms with Crippen LogP contribution in [-0.4, -0.2) is 5.91 Å². The van der Waals surface area contributed by atoms with Gasteiger partial charge in [-0.1, -0.05) is 23.2 Å². The molecule has 3 aromatic rings. The molecule has 3 rings (SSSR count). The van der Waals surface area contributed by atoms with Crippen molar-refractivity contribution in [3.8, 4) is 5.75 Å². The topological polar surface area (TPSA) is 38.3 Å². The molecule has 0 saturated carbocycles. The third kappa shape index (κ3) is 5.19. The summed E-state index contributed by atoms with van der Waals surface area (Å²) in [5.74, 6) is 0.0707. The van der Waals surface area contributed by atoms with E-state index in [1.807, 2.05) is 0 Å². The Hall–Kier alpha value is -2.22. The van der Waals surface area contributed by atoms with Crippen molar-refractivity contribution < 1.29 is 22.7 Å². The first-order valence-corrected chi connectivity index (χ1v) is 9.50. The molecule has 1 N–H and O–H groups in total. The van der Waals surface area contributed by atoms with Gasteiger partial charge in [0.15, 0.2) is 0 Å². The van der Waals surface area contributed by atoms with Crippen LogP contribution in [0.1, 0.15) is 20.8 Å². The number of benzene rings is 2. The molecule has 1 amide bonds. The average Bonchev–Trinajstić information content (AvgIpc) is 3.11. The summed E-state index contributed by atoms with van der Waals surface area (Å²) in [6.45, 7) is 0.232. The van der Waals surface area contributed by atoms with Crippen molar-refractivity contribution in [3.05, 3.63) is 80.0 Å². The minimum atomic E-state index is -4.53. The zero-order valence-electron chi connectivity index (χ0n) is 14.0. The fourth-order valence-corrected chi connectivity index (χ4v) is 3.33. The number of thiophene rings is 1. The average molecular weight is 446 g/mol. The van der Waals surface area contributed by atoms with Gasteiger partial charge >= 0.3 is 6.18 Å². The van der Waals surface area contributed by atoms with Crippen LogP contribution in [0.15, 0.2) is 53.9 Å². The maximum Gasteiger partial charge on any atom is 0.416 e. The lowest BCUT2D eigenvalue weighted by atomic mass is 10.2. The molecule has 146 valence electrons. The van der Waals surface area contributed by atoms with E-state index >= 15 is 0 Å². The van der Waals surface area contributed by atoms with Crippen LogP contribution in [0.25, 0.3) is 0 Å². The van der Waals surface area contributed by atoms with Crippen LogP contribution in [0.2, 0.25) is 10.0 Å². The van der Waals surface area contributed by atoms with Gasteiger partial charge in [0.25, 0.3) is 5.91 Å². The predicted octanol–water partition coefficient (Wildman–Crippen LogP) is 6.91. The second-order valence-electron chi connectivity index (χ2n) is 5.71. The molecule has 0 bridgehead atoms. The lowest BCUT2D eigenvalue weighted by Crippen LogP contribution is -2.12. The monoisotopic (exact) mass is 445 g/mol. The number of anilines is 1. The third-order valence-electron chi connectivity index (χ3n) is 3.64. The van der Waals surface area contributed by atoms with Gasteiger partial charge in [-0.05, 0) is 53.9 Å². The molecule has 0 unspecified atom stereocenters. The Labute approximate surface area is 172 Å². The summed E-state index contributed by atoms with van der Waals surface area (Å²) >= 11 is 12.9. The number of rotatable bonds is 5. The van der Waals surface area contributed by atoms with Crippen LogP contribution in [0.4, 0.5) is 18.9 Å². The highest BCUT2D eigenvalue weighted by Gasteiger charge is 2.31. The largest absolute Gasteiger partial charge is 0.489 e. The second kappa shape index (κ2) is 8.43. The Bertz CT molecular complexity index is 988. The Kier molecular flexibility index (Phi) is 6.17. The molecule has 0 spiro atoms. The molecule has 0 atom stereocenters. The highest BCUT2D eigenvalue weighted by molar-refractivity contribution is 7.12. The van der Waals surface area contributed by atoms with Gasteiger partial charge in [-0.25, -0.2) is 0 Å². The number of amides is 1. The van der Waals surface area contributed by atoms with E-state index < -0.39 is 17.6 Å². The van der Waals surface area contributed by atoms with Crippen molar-refractivity contribution in [2.24, 2.45) is 0 Å². The Balaban J connectivity index is 1.66. The van der Waals surface area contributed by atoms with Gasteiger partial charge in [0.1, 0.15) is 12.4 Å². The Morgan fingerprint density at radius 3 is 2.46 bits per heavy atom. The predicted molar refractivity (Wildman–Crippen MR) is 105 cm³/mol. The molecule has 0 fully saturated rings. The van der Waals surface area contributed by atoms with Crippen molar-refractivity contribution in [2.75, 3.05) is 5.32 Å². The van der Waals surface area contributed by atoms with E-state index in [9.17, 15) is 18.0 Å². The number of nitrogens with one attached hydrogen (secondary N) is 1. The first-order chi connectivity index (χ1) is 13.2. The molecule has 0 saturated heterocycles. The highest BCUT2D eigenvalue weighted by Crippen LogP contribution is 2.34. The quantitative estimate of drug-likeness (QED) is 0.463. The number of carbonyl (C=O) groups excluding carboxylic acids is 1. The number of halogens is 5. The van der Waals surface area contributed by atoms with E-state index in [0.717, 1.165) is 35.1 Å². The van der Waals surface area contributed by atoms with E-state index in [0.29, 0.717) is 15.6 Å². The Morgan fingerprint density at radius 2 is 1.79 bits per heavy atom. The molecule has 3 nitrogen and oxygen atoms in total. The summed E-state index contributed by atoms with van der Waals surface area (Å²) in [6.07, 6.45) is -4.53. The van der Waals surface area contributed by atoms with Crippen LogP contribution in [0.5, 0.6) is 5.75 Å². The van der Waals surface area contributed by atoms with Gasteiger partial charge in [-0.15, -0.1) is 11.3 Å². The van der Waals surface area contributed by atoms with Crippen LogP contribution in [-0.2, 0) is 12.8 Å². The number of ether oxygens (including phenoxy) is 1. The van der Waals surface area contributed by atoms with Crippen LogP contribution in [0, 0.1) is 0 Å². The Morgan fingerprint density at radius 1 is 1.07 bits per heavy atom. The first kappa shape index (κ1) is 20.5. The number of alkyl halides is 3. The minimum Gasteiger partial charge on any atom is -0.489 e. The van der Waals surface area contributed by atoms with E-state index in [1.54, 1.807) is 35.7 Å². The smallest absolute Gasteiger partial charge is 0.416 e. The van der Waals surface area contributed by atoms with E-state index in [4.69, 9.17) is 27.9 Å². The molecule has 28 heavy (non-hydrogen) atoms.